The van der Waals surface area contributed by atoms with Gasteiger partial charge in [-0.25, -0.2) is 4.68 Å². The summed E-state index contributed by atoms with van der Waals surface area (Å²) in [5, 5.41) is 219. The molecule has 30 atom stereocenters. The van der Waals surface area contributed by atoms with Crippen molar-refractivity contribution in [2.24, 2.45) is 0 Å². The van der Waals surface area contributed by atoms with Crippen LogP contribution in [0.3, 0.4) is 0 Å². The third kappa shape index (κ3) is 16.2. The Labute approximate surface area is 576 Å². The number of aliphatic hydroxyl groups excluding tert-OH is 19. The van der Waals surface area contributed by atoms with Crippen LogP contribution in [-0.4, -0.2) is 343 Å². The van der Waals surface area contributed by atoms with E-state index >= 15 is 0 Å². The summed E-state index contributed by atoms with van der Waals surface area (Å²) >= 11 is 0. The first-order chi connectivity index (χ1) is 48.7. The number of ether oxygens (including phenoxy) is 13. The SMILES string of the molecule is OC[C@H]1O[C@H](O[C@H]2[C@H](O)[C@@H](O)[C@@H](O[C@H]3[C@H](O)[C@@H](O)[C@@H](O[C@H]4[C@H](O)[C@@H](O)[C@@H](O[C@H]5[C@H](O)[C@@H](O)[C@@H](O[C@H]6[C@H](O)[C@@H](O)[C@H](OCCn7cc(COc8ccc([P+](c9ccccc9)(c9ccccc9)c9ccccc9)cc8)nn7)O[C@@H]6CO)O[C@@H]5CO)O[C@@H]4CO)O[C@@H]3CO)O[C@@H]2CO)[C@H](O)[C@@H](O)[C@H]1O. The first kappa shape index (κ1) is 77.1. The molecule has 6 aliphatic rings. The average Bonchev–Trinajstić information content (AvgIpc) is 0.865. The second-order valence-electron chi connectivity index (χ2n) is 25.0. The van der Waals surface area contributed by atoms with E-state index in [0.29, 0.717) is 11.4 Å². The molecule has 558 valence electrons. The van der Waals surface area contributed by atoms with Gasteiger partial charge in [0, 0.05) is 0 Å². The van der Waals surface area contributed by atoms with E-state index in [-0.39, 0.29) is 19.8 Å². The number of rotatable bonds is 27. The Kier molecular flexibility index (Phi) is 26.3. The molecular formula is C65H87N3O32P+. The molecule has 35 nitrogen and oxygen atoms in total. The molecule has 4 aromatic carbocycles. The van der Waals surface area contributed by atoms with Crippen LogP contribution in [0.25, 0.3) is 0 Å². The molecular weight excluding hydrogens is 1370 g/mol. The van der Waals surface area contributed by atoms with Gasteiger partial charge < -0.3 is 159 Å². The molecule has 101 heavy (non-hydrogen) atoms. The molecule has 1 aromatic heterocycles. The molecule has 0 radical (unpaired) electrons. The molecule has 0 amide bonds. The molecule has 0 unspecified atom stereocenters. The molecule has 0 aliphatic carbocycles. The van der Waals surface area contributed by atoms with Gasteiger partial charge in [-0.15, -0.1) is 5.10 Å². The number of benzene rings is 4. The van der Waals surface area contributed by atoms with E-state index in [1.54, 1.807) is 6.20 Å². The minimum Gasteiger partial charge on any atom is -0.487 e. The van der Waals surface area contributed by atoms with Gasteiger partial charge in [0.15, 0.2) is 37.7 Å². The highest BCUT2D eigenvalue weighted by atomic mass is 31.2. The molecule has 36 heteroatoms. The van der Waals surface area contributed by atoms with Crippen LogP contribution >= 0.6 is 7.26 Å². The normalized spacial score (nSPS) is 39.4. The summed E-state index contributed by atoms with van der Waals surface area (Å²) in [6.45, 7) is -5.74. The predicted octanol–water partition coefficient (Wildman–Crippen LogP) is -9.59. The lowest BCUT2D eigenvalue weighted by atomic mass is 9.95. The van der Waals surface area contributed by atoms with Crippen molar-refractivity contribution in [1.29, 1.82) is 0 Å². The van der Waals surface area contributed by atoms with Crippen molar-refractivity contribution in [3.63, 3.8) is 0 Å². The number of hydrogen-bond donors (Lipinski definition) is 19. The Morgan fingerprint density at radius 3 is 0.970 bits per heavy atom. The van der Waals surface area contributed by atoms with Crippen molar-refractivity contribution < 1.29 is 159 Å². The van der Waals surface area contributed by atoms with Crippen LogP contribution in [0.4, 0.5) is 0 Å². The maximum Gasteiger partial charge on any atom is 0.187 e. The summed E-state index contributed by atoms with van der Waals surface area (Å²) in [6.07, 6.45) is -55.0. The summed E-state index contributed by atoms with van der Waals surface area (Å²) in [7, 11) is -2.33. The van der Waals surface area contributed by atoms with Crippen LogP contribution in [-0.2, 0) is 70.0 Å². The van der Waals surface area contributed by atoms with Gasteiger partial charge in [0.1, 0.15) is 193 Å². The molecule has 6 saturated heterocycles. The van der Waals surface area contributed by atoms with E-state index in [1.807, 2.05) is 30.3 Å². The van der Waals surface area contributed by atoms with Gasteiger partial charge in [0.25, 0.3) is 0 Å². The van der Waals surface area contributed by atoms with E-state index in [1.165, 1.54) is 20.6 Å². The van der Waals surface area contributed by atoms with E-state index in [4.69, 9.17) is 61.6 Å². The lowest BCUT2D eigenvalue weighted by Crippen LogP contribution is -2.68. The van der Waals surface area contributed by atoms with Crippen LogP contribution < -0.4 is 26.0 Å². The van der Waals surface area contributed by atoms with Crippen LogP contribution in [0.2, 0.25) is 0 Å². The van der Waals surface area contributed by atoms with Gasteiger partial charge in [0.05, 0.1) is 59.0 Å². The quantitative estimate of drug-likeness (QED) is 0.0217. The van der Waals surface area contributed by atoms with Crippen LogP contribution in [0.1, 0.15) is 5.69 Å². The standard InChI is InChI=1S/C65H87N3O32P/c69-23-36-42(75)43(76)49(82)61(90-36)96-56-38(25-71)92-63(51(84)45(56)78)98-58-40(27-73)94-65(53(86)47(58)80)100-59-41(28-74)95-64(54(87)48(59)81)99-57-39(26-72)93-62(52(85)46(57)79)97-55-37(24-70)91-60(50(83)44(55)77)88-21-20-68-22-30(66-67-68)29-89-31-16-18-35(19-17-31)101(32-10-4-1-5-11-32,33-12-6-2-7-13-33)34-14-8-3-9-15-34/h1-19,22,36-65,69-87H,20-21,23-29H2/q+1/t36-,37-,38-,39-,40-,41-,42+,43+,44-,45-,46-,47-,48-,49-,50-,51-,52-,53-,54-,55-,56-,57-,58-,59-,60-,61-,62-,63-,64-,65-/m1/s1. The van der Waals surface area contributed by atoms with Gasteiger partial charge in [-0.05, 0) is 60.7 Å². The summed E-state index contributed by atoms with van der Waals surface area (Å²) in [5.41, 5.74) is 0.485. The number of aromatic nitrogens is 3. The highest BCUT2D eigenvalue weighted by Gasteiger charge is 2.58. The number of hydrogen-bond acceptors (Lipinski definition) is 34. The van der Waals surface area contributed by atoms with Gasteiger partial charge in [-0.1, -0.05) is 59.8 Å². The van der Waals surface area contributed by atoms with Crippen LogP contribution in [0.5, 0.6) is 5.75 Å². The average molecular weight is 1450 g/mol. The Morgan fingerprint density at radius 2 is 0.634 bits per heavy atom. The Hall–Kier alpha value is -4.99. The lowest BCUT2D eigenvalue weighted by molar-refractivity contribution is -0.396. The third-order valence-electron chi connectivity index (χ3n) is 18.6. The molecule has 6 fully saturated rings. The molecule has 7 heterocycles. The highest BCUT2D eigenvalue weighted by molar-refractivity contribution is 8.01. The molecule has 6 aliphatic heterocycles. The predicted molar refractivity (Wildman–Crippen MR) is 338 cm³/mol. The van der Waals surface area contributed by atoms with Crippen LogP contribution in [0, 0.1) is 0 Å². The zero-order valence-corrected chi connectivity index (χ0v) is 54.7. The fourth-order valence-corrected chi connectivity index (χ4v) is 17.4. The van der Waals surface area contributed by atoms with Crippen molar-refractivity contribution in [2.45, 2.75) is 197 Å². The molecule has 11 rings (SSSR count). The van der Waals surface area contributed by atoms with Crippen LogP contribution in [0.15, 0.2) is 121 Å². The fourth-order valence-electron chi connectivity index (χ4n) is 13.2. The maximum absolute atomic E-state index is 11.5. The topological polar surface area (TPSA) is 535 Å². The monoisotopic (exact) mass is 1450 g/mol. The van der Waals surface area contributed by atoms with Crippen molar-refractivity contribution in [3.8, 4) is 5.75 Å². The maximum atomic E-state index is 11.5. The van der Waals surface area contributed by atoms with E-state index in [0.717, 1.165) is 5.30 Å². The van der Waals surface area contributed by atoms with Crippen molar-refractivity contribution in [3.05, 3.63) is 127 Å². The molecule has 0 saturated carbocycles. The fraction of sp³-hybridized carbons (Fsp3) is 0.600. The van der Waals surface area contributed by atoms with Gasteiger partial charge in [-0.3, -0.25) is 0 Å². The van der Waals surface area contributed by atoms with E-state index < -0.39 is 231 Å². The molecule has 19 N–H and O–H groups in total. The first-order valence-corrected chi connectivity index (χ1v) is 34.5. The smallest absolute Gasteiger partial charge is 0.187 e. The minimum absolute atomic E-state index is 0.0673. The van der Waals surface area contributed by atoms with Gasteiger partial charge in [0.2, 0.25) is 0 Å². The summed E-state index contributed by atoms with van der Waals surface area (Å²) in [5.74, 6) is 0.599. The second-order valence-corrected chi connectivity index (χ2v) is 28.4. The Bertz CT molecular complexity index is 3210. The van der Waals surface area contributed by atoms with Crippen molar-refractivity contribution >= 4 is 28.5 Å². The summed E-state index contributed by atoms with van der Waals surface area (Å²) in [6, 6.07) is 39.4. The number of nitrogens with zero attached hydrogens (tertiary/aromatic N) is 3. The summed E-state index contributed by atoms with van der Waals surface area (Å²) in [4.78, 5) is 0. The number of aliphatic hydroxyl groups is 19. The minimum atomic E-state index is -2.33. The third-order valence-corrected chi connectivity index (χ3v) is 22.9. The van der Waals surface area contributed by atoms with E-state index in [9.17, 15) is 97.0 Å². The zero-order valence-electron chi connectivity index (χ0n) is 53.8. The first-order valence-electron chi connectivity index (χ1n) is 32.7. The molecule has 0 spiro atoms. The Morgan fingerprint density at radius 1 is 0.337 bits per heavy atom. The van der Waals surface area contributed by atoms with Crippen molar-refractivity contribution in [2.75, 3.05) is 46.2 Å². The highest BCUT2D eigenvalue weighted by Crippen LogP contribution is 2.54. The molecule has 5 aromatic rings. The molecule has 0 bridgehead atoms. The van der Waals surface area contributed by atoms with Gasteiger partial charge >= 0.3 is 0 Å². The second kappa shape index (κ2) is 34.5. The zero-order chi connectivity index (χ0) is 72.0. The Balaban J connectivity index is 0.647. The lowest BCUT2D eigenvalue weighted by Gasteiger charge is -2.50. The summed E-state index contributed by atoms with van der Waals surface area (Å²) < 4.78 is 75.9. The van der Waals surface area contributed by atoms with Gasteiger partial charge in [-0.2, -0.15) is 0 Å². The van der Waals surface area contributed by atoms with Crippen molar-refractivity contribution in [1.82, 2.24) is 15.0 Å². The largest absolute Gasteiger partial charge is 0.487 e. The van der Waals surface area contributed by atoms with E-state index in [2.05, 4.69) is 95.2 Å².